The van der Waals surface area contributed by atoms with Gasteiger partial charge in [-0.2, -0.15) is 10.2 Å². The molecule has 0 aliphatic rings. The SMILES string of the molecule is CC(=O)C(=NNc1ccc(-c2ccc(NN=C(C(C)=O)C(=O)Nc3ccccc3)c(Cl)c2)cc1Cl)C(=O)Nc1ccccc1. The van der Waals surface area contributed by atoms with Crippen molar-refractivity contribution in [2.75, 3.05) is 21.5 Å². The lowest BCUT2D eigenvalue weighted by molar-refractivity contribution is -0.116. The average molecular weight is 630 g/mol. The van der Waals surface area contributed by atoms with Crippen molar-refractivity contribution in [3.8, 4) is 11.1 Å². The van der Waals surface area contributed by atoms with Gasteiger partial charge in [0.2, 0.25) is 0 Å². The molecule has 0 saturated carbocycles. The van der Waals surface area contributed by atoms with E-state index in [4.69, 9.17) is 23.2 Å². The van der Waals surface area contributed by atoms with E-state index in [1.165, 1.54) is 13.8 Å². The summed E-state index contributed by atoms with van der Waals surface area (Å²) in [5, 5.41) is 13.8. The lowest BCUT2D eigenvalue weighted by Gasteiger charge is -2.11. The summed E-state index contributed by atoms with van der Waals surface area (Å²) in [5.41, 5.74) is 7.92. The van der Waals surface area contributed by atoms with E-state index in [1.54, 1.807) is 97.1 Å². The number of hydrogen-bond acceptors (Lipinski definition) is 8. The van der Waals surface area contributed by atoms with Gasteiger partial charge in [0.15, 0.2) is 23.0 Å². The second-order valence-corrected chi connectivity index (χ2v) is 10.1. The molecule has 4 aromatic rings. The number of ketones is 2. The summed E-state index contributed by atoms with van der Waals surface area (Å²) in [6.07, 6.45) is 0. The maximum absolute atomic E-state index is 12.6. The van der Waals surface area contributed by atoms with Gasteiger partial charge in [0.25, 0.3) is 11.8 Å². The second kappa shape index (κ2) is 14.7. The first-order chi connectivity index (χ1) is 21.1. The standard InChI is InChI=1S/C32H26Cl2N6O4/c1-19(41)29(31(43)35-23-9-5-3-6-10-23)39-37-27-15-13-21(17-25(27)33)22-14-16-28(26(34)18-22)38-40-30(20(2)42)32(44)36-24-11-7-4-8-12-24/h3-18,37-38H,1-2H3,(H,35,43)(H,36,44). The van der Waals surface area contributed by atoms with Gasteiger partial charge in [-0.1, -0.05) is 71.7 Å². The molecule has 0 fully saturated rings. The number of rotatable bonds is 11. The fourth-order valence-electron chi connectivity index (χ4n) is 3.81. The normalized spacial score (nSPS) is 11.4. The van der Waals surface area contributed by atoms with Crippen molar-refractivity contribution >= 4 is 80.8 Å². The first-order valence-electron chi connectivity index (χ1n) is 13.1. The molecule has 0 atom stereocenters. The number of hydrazone groups is 2. The Labute approximate surface area is 263 Å². The van der Waals surface area contributed by atoms with Crippen LogP contribution < -0.4 is 21.5 Å². The molecule has 4 N–H and O–H groups in total. The molecule has 0 spiro atoms. The molecule has 4 rings (SSSR count). The van der Waals surface area contributed by atoms with E-state index in [1.807, 2.05) is 0 Å². The molecule has 0 saturated heterocycles. The predicted octanol–water partition coefficient (Wildman–Crippen LogP) is 6.65. The third-order valence-corrected chi connectivity index (χ3v) is 6.63. The van der Waals surface area contributed by atoms with Crippen LogP contribution in [0.25, 0.3) is 11.1 Å². The third kappa shape index (κ3) is 8.37. The van der Waals surface area contributed by atoms with Crippen molar-refractivity contribution < 1.29 is 19.2 Å². The number of benzene rings is 4. The monoisotopic (exact) mass is 628 g/mol. The van der Waals surface area contributed by atoms with Gasteiger partial charge in [0.1, 0.15) is 0 Å². The summed E-state index contributed by atoms with van der Waals surface area (Å²) in [7, 11) is 0. The summed E-state index contributed by atoms with van der Waals surface area (Å²) >= 11 is 12.9. The molecule has 10 nitrogen and oxygen atoms in total. The highest BCUT2D eigenvalue weighted by Crippen LogP contribution is 2.32. The molecule has 0 aliphatic heterocycles. The molecule has 44 heavy (non-hydrogen) atoms. The highest BCUT2D eigenvalue weighted by atomic mass is 35.5. The molecule has 222 valence electrons. The zero-order chi connectivity index (χ0) is 31.6. The first kappa shape index (κ1) is 31.6. The summed E-state index contributed by atoms with van der Waals surface area (Å²) < 4.78 is 0. The molecule has 0 heterocycles. The molecule has 4 aromatic carbocycles. The minimum Gasteiger partial charge on any atom is -0.320 e. The molecular weight excluding hydrogens is 603 g/mol. The fourth-order valence-corrected chi connectivity index (χ4v) is 4.25. The van der Waals surface area contributed by atoms with Crippen LogP contribution in [0.1, 0.15) is 13.8 Å². The Bertz CT molecular complexity index is 1650. The molecule has 0 aliphatic carbocycles. The largest absolute Gasteiger partial charge is 0.320 e. The van der Waals surface area contributed by atoms with Crippen LogP contribution in [0.2, 0.25) is 10.0 Å². The first-order valence-corrected chi connectivity index (χ1v) is 13.9. The van der Waals surface area contributed by atoms with Crippen LogP contribution in [0.5, 0.6) is 0 Å². The van der Waals surface area contributed by atoms with Crippen LogP contribution in [0.15, 0.2) is 107 Å². The topological polar surface area (TPSA) is 141 Å². The quantitative estimate of drug-likeness (QED) is 0.0832. The Kier molecular flexibility index (Phi) is 10.6. The summed E-state index contributed by atoms with van der Waals surface area (Å²) in [6.45, 7) is 2.48. The second-order valence-electron chi connectivity index (χ2n) is 9.29. The van der Waals surface area contributed by atoms with Gasteiger partial charge in [-0.15, -0.1) is 0 Å². The maximum Gasteiger partial charge on any atom is 0.279 e. The van der Waals surface area contributed by atoms with Crippen LogP contribution in [0.4, 0.5) is 22.7 Å². The minimum absolute atomic E-state index is 0.274. The van der Waals surface area contributed by atoms with Crippen LogP contribution >= 0.6 is 23.2 Å². The molecular formula is C32H26Cl2N6O4. The number of carbonyl (C=O) groups is 4. The third-order valence-electron chi connectivity index (χ3n) is 6.01. The van der Waals surface area contributed by atoms with E-state index >= 15 is 0 Å². The van der Waals surface area contributed by atoms with Gasteiger partial charge in [0, 0.05) is 25.2 Å². The van der Waals surface area contributed by atoms with Gasteiger partial charge >= 0.3 is 0 Å². The number of Topliss-reactive ketones (excluding diaryl/α,β-unsaturated/α-hetero) is 2. The van der Waals surface area contributed by atoms with Crippen LogP contribution in [0.3, 0.4) is 0 Å². The van der Waals surface area contributed by atoms with Crippen molar-refractivity contribution in [2.45, 2.75) is 13.8 Å². The zero-order valence-electron chi connectivity index (χ0n) is 23.5. The van der Waals surface area contributed by atoms with Crippen molar-refractivity contribution in [3.05, 3.63) is 107 Å². The Hall–Kier alpha value is -5.32. The molecule has 0 unspecified atom stereocenters. The van der Waals surface area contributed by atoms with E-state index in [9.17, 15) is 19.2 Å². The van der Waals surface area contributed by atoms with Crippen LogP contribution in [-0.4, -0.2) is 34.8 Å². The van der Waals surface area contributed by atoms with Gasteiger partial charge < -0.3 is 10.6 Å². The lowest BCUT2D eigenvalue weighted by Crippen LogP contribution is -2.29. The molecule has 0 radical (unpaired) electrons. The van der Waals surface area contributed by atoms with E-state index in [2.05, 4.69) is 31.7 Å². The average Bonchev–Trinajstić information content (AvgIpc) is 2.99. The number of carbonyl (C=O) groups excluding carboxylic acids is 4. The van der Waals surface area contributed by atoms with Crippen molar-refractivity contribution in [2.24, 2.45) is 10.2 Å². The molecule has 12 heteroatoms. The van der Waals surface area contributed by atoms with Gasteiger partial charge in [0.05, 0.1) is 21.4 Å². The van der Waals surface area contributed by atoms with E-state index in [0.717, 1.165) is 0 Å². The Morgan fingerprint density at radius 3 is 1.23 bits per heavy atom. The van der Waals surface area contributed by atoms with Crippen LogP contribution in [-0.2, 0) is 19.2 Å². The predicted molar refractivity (Wildman–Crippen MR) is 176 cm³/mol. The summed E-state index contributed by atoms with van der Waals surface area (Å²) in [5.74, 6) is -2.38. The van der Waals surface area contributed by atoms with Crippen molar-refractivity contribution in [1.82, 2.24) is 0 Å². The smallest absolute Gasteiger partial charge is 0.279 e. The summed E-state index contributed by atoms with van der Waals surface area (Å²) in [6, 6.07) is 27.5. The number of halogens is 2. The number of nitrogens with one attached hydrogen (secondary N) is 4. The Morgan fingerprint density at radius 1 is 0.545 bits per heavy atom. The lowest BCUT2D eigenvalue weighted by atomic mass is 10.0. The van der Waals surface area contributed by atoms with Crippen LogP contribution in [0, 0.1) is 0 Å². The van der Waals surface area contributed by atoms with E-state index < -0.39 is 23.4 Å². The summed E-state index contributed by atoms with van der Waals surface area (Å²) in [4.78, 5) is 49.3. The number of nitrogens with zero attached hydrogens (tertiary/aromatic N) is 2. The number of amides is 2. The van der Waals surface area contributed by atoms with E-state index in [0.29, 0.717) is 33.9 Å². The Morgan fingerprint density at radius 2 is 0.909 bits per heavy atom. The van der Waals surface area contributed by atoms with Gasteiger partial charge in [-0.25, -0.2) is 0 Å². The maximum atomic E-state index is 12.6. The molecule has 0 aromatic heterocycles. The van der Waals surface area contributed by atoms with E-state index in [-0.39, 0.29) is 21.5 Å². The highest BCUT2D eigenvalue weighted by Gasteiger charge is 2.19. The molecule has 2 amide bonds. The number of anilines is 4. The number of para-hydroxylation sites is 2. The fraction of sp³-hybridized carbons (Fsp3) is 0.0625. The number of hydrogen-bond donors (Lipinski definition) is 4. The van der Waals surface area contributed by atoms with Crippen molar-refractivity contribution in [1.29, 1.82) is 0 Å². The van der Waals surface area contributed by atoms with Crippen molar-refractivity contribution in [3.63, 3.8) is 0 Å². The molecule has 0 bridgehead atoms. The minimum atomic E-state index is -0.663. The van der Waals surface area contributed by atoms with Gasteiger partial charge in [-0.3, -0.25) is 30.0 Å². The Balaban J connectivity index is 1.46. The zero-order valence-corrected chi connectivity index (χ0v) is 25.0. The highest BCUT2D eigenvalue weighted by molar-refractivity contribution is 6.67. The van der Waals surface area contributed by atoms with Gasteiger partial charge in [-0.05, 0) is 59.7 Å².